The Morgan fingerprint density at radius 2 is 1.69 bits per heavy atom. The molecule has 0 spiro atoms. The molecular formula is C23H24N4O4S. The van der Waals surface area contributed by atoms with E-state index in [2.05, 4.69) is 21.5 Å². The Morgan fingerprint density at radius 1 is 0.938 bits per heavy atom. The smallest absolute Gasteiger partial charge is 0.262 e. The Bertz CT molecular complexity index is 1020. The van der Waals surface area contributed by atoms with E-state index in [0.717, 1.165) is 11.3 Å². The first-order chi connectivity index (χ1) is 15.5. The van der Waals surface area contributed by atoms with Crippen molar-refractivity contribution in [3.63, 3.8) is 0 Å². The van der Waals surface area contributed by atoms with E-state index in [1.165, 1.54) is 11.3 Å². The van der Waals surface area contributed by atoms with E-state index in [1.54, 1.807) is 48.9 Å². The van der Waals surface area contributed by atoms with Gasteiger partial charge in [0.2, 0.25) is 0 Å². The lowest BCUT2D eigenvalue weighted by Crippen LogP contribution is -2.53. The molecule has 8 nitrogen and oxygen atoms in total. The molecule has 0 aliphatic carbocycles. The molecule has 0 saturated carbocycles. The number of hydrogen-bond acceptors (Lipinski definition) is 6. The summed E-state index contributed by atoms with van der Waals surface area (Å²) in [6, 6.07) is 19.0. The van der Waals surface area contributed by atoms with Gasteiger partial charge in [-0.05, 0) is 41.3 Å². The van der Waals surface area contributed by atoms with E-state index in [0.29, 0.717) is 10.6 Å². The van der Waals surface area contributed by atoms with Gasteiger partial charge in [-0.25, -0.2) is 0 Å². The molecule has 0 saturated heterocycles. The van der Waals surface area contributed by atoms with Crippen LogP contribution < -0.4 is 26.2 Å². The second kappa shape index (κ2) is 11.5. The fraction of sp³-hybridized carbons (Fsp3) is 0.174. The van der Waals surface area contributed by atoms with Crippen molar-refractivity contribution < 1.29 is 19.1 Å². The molecule has 1 unspecified atom stereocenters. The molecule has 0 bridgehead atoms. The molecule has 1 atom stereocenters. The largest absolute Gasteiger partial charge is 0.497 e. The number of carbonyl (C=O) groups excluding carboxylic acids is 3. The van der Waals surface area contributed by atoms with Gasteiger partial charge in [-0.2, -0.15) is 0 Å². The van der Waals surface area contributed by atoms with Crippen LogP contribution in [0.1, 0.15) is 15.2 Å². The highest BCUT2D eigenvalue weighted by Gasteiger charge is 2.22. The number of rotatable bonds is 9. The minimum atomic E-state index is -0.859. The third-order valence-electron chi connectivity index (χ3n) is 4.52. The Labute approximate surface area is 190 Å². The van der Waals surface area contributed by atoms with Gasteiger partial charge >= 0.3 is 0 Å². The van der Waals surface area contributed by atoms with E-state index >= 15 is 0 Å². The predicted octanol–water partition coefficient (Wildman–Crippen LogP) is 2.36. The second-order valence-corrected chi connectivity index (χ2v) is 7.76. The summed E-state index contributed by atoms with van der Waals surface area (Å²) >= 11 is 1.29. The van der Waals surface area contributed by atoms with Gasteiger partial charge in [0.25, 0.3) is 17.7 Å². The predicted molar refractivity (Wildman–Crippen MR) is 123 cm³/mol. The molecular weight excluding hydrogens is 428 g/mol. The highest BCUT2D eigenvalue weighted by molar-refractivity contribution is 7.12. The number of benzene rings is 2. The lowest BCUT2D eigenvalue weighted by atomic mass is 10.1. The zero-order chi connectivity index (χ0) is 22.8. The first kappa shape index (κ1) is 22.8. The lowest BCUT2D eigenvalue weighted by Gasteiger charge is -2.19. The van der Waals surface area contributed by atoms with Crippen molar-refractivity contribution in [2.45, 2.75) is 12.5 Å². The summed E-state index contributed by atoms with van der Waals surface area (Å²) in [5.41, 5.74) is 6.39. The second-order valence-electron chi connectivity index (χ2n) is 6.81. The molecule has 4 N–H and O–H groups in total. The Morgan fingerprint density at radius 3 is 2.34 bits per heavy atom. The Kier molecular flexibility index (Phi) is 8.22. The number of amides is 3. The highest BCUT2D eigenvalue weighted by Crippen LogP contribution is 2.14. The number of ether oxygens (including phenoxy) is 1. The third-order valence-corrected chi connectivity index (χ3v) is 5.39. The van der Waals surface area contributed by atoms with Crippen molar-refractivity contribution in [1.29, 1.82) is 0 Å². The number of hydrogen-bond donors (Lipinski definition) is 4. The van der Waals surface area contributed by atoms with Gasteiger partial charge in [-0.3, -0.25) is 25.2 Å². The average Bonchev–Trinajstić information content (AvgIpc) is 3.37. The molecule has 1 heterocycles. The standard InChI is InChI=1S/C23H24N4O4S/c1-31-18-11-9-17(10-12-18)24-15-21(28)26-27-22(29)19(14-16-6-3-2-4-7-16)25-23(30)20-8-5-13-32-20/h2-13,19,24H,14-15H2,1H3,(H,25,30)(H,26,28)(H,27,29). The fourth-order valence-corrected chi connectivity index (χ4v) is 3.48. The minimum absolute atomic E-state index is 0.0441. The zero-order valence-electron chi connectivity index (χ0n) is 17.5. The highest BCUT2D eigenvalue weighted by atomic mass is 32.1. The summed E-state index contributed by atoms with van der Waals surface area (Å²) in [5, 5.41) is 7.48. The number of nitrogens with one attached hydrogen (secondary N) is 4. The van der Waals surface area contributed by atoms with Crippen molar-refractivity contribution >= 4 is 34.7 Å². The average molecular weight is 453 g/mol. The van der Waals surface area contributed by atoms with E-state index in [-0.39, 0.29) is 18.9 Å². The maximum Gasteiger partial charge on any atom is 0.262 e. The van der Waals surface area contributed by atoms with Crippen LogP contribution in [0.3, 0.4) is 0 Å². The van der Waals surface area contributed by atoms with Gasteiger partial charge in [0.15, 0.2) is 0 Å². The quantitative estimate of drug-likeness (QED) is 0.373. The number of carbonyl (C=O) groups is 3. The van der Waals surface area contributed by atoms with Crippen molar-refractivity contribution in [3.8, 4) is 5.75 Å². The van der Waals surface area contributed by atoms with Crippen LogP contribution in [0.5, 0.6) is 5.75 Å². The van der Waals surface area contributed by atoms with Crippen LogP contribution in [0.25, 0.3) is 0 Å². The van der Waals surface area contributed by atoms with Crippen molar-refractivity contribution in [3.05, 3.63) is 82.6 Å². The molecule has 3 amide bonds. The summed E-state index contributed by atoms with van der Waals surface area (Å²) in [6.07, 6.45) is 0.282. The summed E-state index contributed by atoms with van der Waals surface area (Å²) in [5.74, 6) is -0.585. The molecule has 3 aromatic rings. The molecule has 0 aliphatic heterocycles. The monoisotopic (exact) mass is 452 g/mol. The van der Waals surface area contributed by atoms with E-state index in [1.807, 2.05) is 30.3 Å². The summed E-state index contributed by atoms with van der Waals surface area (Å²) in [7, 11) is 1.58. The maximum absolute atomic E-state index is 12.7. The Hall–Kier alpha value is -3.85. The van der Waals surface area contributed by atoms with Crippen molar-refractivity contribution in [2.24, 2.45) is 0 Å². The summed E-state index contributed by atoms with van der Waals surface area (Å²) in [6.45, 7) is -0.0441. The van der Waals surface area contributed by atoms with Gasteiger partial charge in [0.1, 0.15) is 11.8 Å². The van der Waals surface area contributed by atoms with Crippen LogP contribution in [0, 0.1) is 0 Å². The van der Waals surface area contributed by atoms with Crippen LogP contribution in [-0.2, 0) is 16.0 Å². The van der Waals surface area contributed by atoms with Gasteiger partial charge < -0.3 is 15.4 Å². The molecule has 3 rings (SSSR count). The fourth-order valence-electron chi connectivity index (χ4n) is 2.85. The van der Waals surface area contributed by atoms with Crippen LogP contribution in [0.4, 0.5) is 5.69 Å². The molecule has 2 aromatic carbocycles. The molecule has 0 aliphatic rings. The van der Waals surface area contributed by atoms with Gasteiger partial charge in [0, 0.05) is 12.1 Å². The van der Waals surface area contributed by atoms with Crippen LogP contribution >= 0.6 is 11.3 Å². The summed E-state index contributed by atoms with van der Waals surface area (Å²) < 4.78 is 5.09. The van der Waals surface area contributed by atoms with Crippen LogP contribution in [-0.4, -0.2) is 37.4 Å². The molecule has 1 aromatic heterocycles. The molecule has 32 heavy (non-hydrogen) atoms. The van der Waals surface area contributed by atoms with E-state index < -0.39 is 17.9 Å². The number of thiophene rings is 1. The topological polar surface area (TPSA) is 109 Å². The normalized spacial score (nSPS) is 11.2. The summed E-state index contributed by atoms with van der Waals surface area (Å²) in [4.78, 5) is 37.8. The van der Waals surface area contributed by atoms with Crippen LogP contribution in [0.2, 0.25) is 0 Å². The SMILES string of the molecule is COc1ccc(NCC(=O)NNC(=O)C(Cc2ccccc2)NC(=O)c2cccs2)cc1. The van der Waals surface area contributed by atoms with Gasteiger partial charge in [0.05, 0.1) is 18.5 Å². The zero-order valence-corrected chi connectivity index (χ0v) is 18.3. The van der Waals surface area contributed by atoms with Crippen molar-refractivity contribution in [2.75, 3.05) is 19.0 Å². The molecule has 0 radical (unpaired) electrons. The number of anilines is 1. The first-order valence-electron chi connectivity index (χ1n) is 9.90. The van der Waals surface area contributed by atoms with E-state index in [9.17, 15) is 14.4 Å². The Balaban J connectivity index is 1.54. The van der Waals surface area contributed by atoms with Crippen molar-refractivity contribution in [1.82, 2.24) is 16.2 Å². The van der Waals surface area contributed by atoms with Crippen LogP contribution in [0.15, 0.2) is 72.1 Å². The first-order valence-corrected chi connectivity index (χ1v) is 10.8. The molecule has 166 valence electrons. The number of methoxy groups -OCH3 is 1. The minimum Gasteiger partial charge on any atom is -0.497 e. The van der Waals surface area contributed by atoms with E-state index in [4.69, 9.17) is 4.74 Å². The third kappa shape index (κ3) is 6.85. The molecule has 0 fully saturated rings. The molecule has 9 heteroatoms. The lowest BCUT2D eigenvalue weighted by molar-refractivity contribution is -0.129. The van der Waals surface area contributed by atoms with Gasteiger partial charge in [-0.1, -0.05) is 36.4 Å². The maximum atomic E-state index is 12.7. The van der Waals surface area contributed by atoms with Gasteiger partial charge in [-0.15, -0.1) is 11.3 Å². The number of hydrazine groups is 1.